The highest BCUT2D eigenvalue weighted by atomic mass is 32.1. The number of carbonyl (C=O) groups excluding carboxylic acids is 1. The van der Waals surface area contributed by atoms with E-state index in [1.165, 1.54) is 11.3 Å². The first-order chi connectivity index (χ1) is 18.4. The van der Waals surface area contributed by atoms with Gasteiger partial charge in [0.1, 0.15) is 11.5 Å². The predicted molar refractivity (Wildman–Crippen MR) is 143 cm³/mol. The number of benzene rings is 2. The molecule has 1 aliphatic carbocycles. The Bertz CT molecular complexity index is 1320. The second kappa shape index (κ2) is 12.8. The van der Waals surface area contributed by atoms with E-state index in [-0.39, 0.29) is 17.6 Å². The highest BCUT2D eigenvalue weighted by Gasteiger charge is 2.38. The molecule has 0 aliphatic heterocycles. The number of phenols is 1. The SMILES string of the molecule is COc1ccc(O)c(CNc2cc(-c3sc(NC(=O)C4CCCC4)nc3C)ccc2C)c1.O=C(O)C(F)(F)F. The molecule has 0 unspecified atom stereocenters. The Morgan fingerprint density at radius 1 is 1.13 bits per heavy atom. The molecule has 0 spiro atoms. The molecule has 4 rings (SSSR count). The van der Waals surface area contributed by atoms with Crippen LogP contribution in [-0.4, -0.2) is 40.4 Å². The summed E-state index contributed by atoms with van der Waals surface area (Å²) in [6, 6.07) is 11.4. The third-order valence-electron chi connectivity index (χ3n) is 6.25. The van der Waals surface area contributed by atoms with Crippen LogP contribution >= 0.6 is 11.3 Å². The third kappa shape index (κ3) is 8.09. The Hall–Kier alpha value is -3.80. The fourth-order valence-corrected chi connectivity index (χ4v) is 5.05. The minimum Gasteiger partial charge on any atom is -0.508 e. The van der Waals surface area contributed by atoms with Crippen LogP contribution in [0.4, 0.5) is 24.0 Å². The zero-order valence-corrected chi connectivity index (χ0v) is 22.5. The van der Waals surface area contributed by atoms with E-state index in [1.54, 1.807) is 19.2 Å². The van der Waals surface area contributed by atoms with Crippen molar-refractivity contribution in [3.8, 4) is 21.9 Å². The summed E-state index contributed by atoms with van der Waals surface area (Å²) in [7, 11) is 1.61. The first-order valence-electron chi connectivity index (χ1n) is 12.2. The number of nitrogens with one attached hydrogen (secondary N) is 2. The van der Waals surface area contributed by atoms with Crippen molar-refractivity contribution in [3.63, 3.8) is 0 Å². The van der Waals surface area contributed by atoms with Crippen molar-refractivity contribution >= 4 is 34.0 Å². The van der Waals surface area contributed by atoms with Crippen molar-refractivity contribution in [1.29, 1.82) is 0 Å². The topological polar surface area (TPSA) is 121 Å². The van der Waals surface area contributed by atoms with E-state index in [0.717, 1.165) is 58.6 Å². The summed E-state index contributed by atoms with van der Waals surface area (Å²) in [4.78, 5) is 27.0. The van der Waals surface area contributed by atoms with Crippen molar-refractivity contribution in [2.75, 3.05) is 17.7 Å². The summed E-state index contributed by atoms with van der Waals surface area (Å²) in [6.45, 7) is 4.49. The Morgan fingerprint density at radius 2 is 1.79 bits per heavy atom. The maximum atomic E-state index is 12.5. The van der Waals surface area contributed by atoms with Gasteiger partial charge in [0.15, 0.2) is 5.13 Å². The van der Waals surface area contributed by atoms with Crippen molar-refractivity contribution < 1.29 is 37.7 Å². The molecule has 1 amide bonds. The summed E-state index contributed by atoms with van der Waals surface area (Å²) in [5.41, 5.74) is 4.79. The molecular formula is C27H30F3N3O5S. The van der Waals surface area contributed by atoms with Gasteiger partial charge in [0.2, 0.25) is 5.91 Å². The highest BCUT2D eigenvalue weighted by Crippen LogP contribution is 2.36. The molecule has 210 valence electrons. The molecule has 0 atom stereocenters. The molecule has 1 fully saturated rings. The second-order valence-electron chi connectivity index (χ2n) is 9.08. The first-order valence-corrected chi connectivity index (χ1v) is 13.0. The number of amides is 1. The number of nitrogens with zero attached hydrogens (tertiary/aromatic N) is 1. The number of thiazole rings is 1. The normalized spacial score (nSPS) is 13.4. The molecule has 39 heavy (non-hydrogen) atoms. The molecule has 3 aromatic rings. The van der Waals surface area contributed by atoms with Crippen molar-refractivity contribution in [2.45, 2.75) is 52.3 Å². The largest absolute Gasteiger partial charge is 0.508 e. The number of aryl methyl sites for hydroxylation is 2. The predicted octanol–water partition coefficient (Wildman–Crippen LogP) is 6.52. The summed E-state index contributed by atoms with van der Waals surface area (Å²) < 4.78 is 37.0. The van der Waals surface area contributed by atoms with Gasteiger partial charge in [-0.05, 0) is 62.1 Å². The van der Waals surface area contributed by atoms with E-state index >= 15 is 0 Å². The number of hydrogen-bond acceptors (Lipinski definition) is 7. The van der Waals surface area contributed by atoms with Gasteiger partial charge in [-0.1, -0.05) is 36.3 Å². The van der Waals surface area contributed by atoms with Crippen LogP contribution in [-0.2, 0) is 16.1 Å². The smallest absolute Gasteiger partial charge is 0.490 e. The molecule has 1 saturated carbocycles. The number of ether oxygens (including phenoxy) is 1. The average Bonchev–Trinajstić information content (AvgIpc) is 3.54. The number of halogens is 3. The second-order valence-corrected chi connectivity index (χ2v) is 10.1. The minimum atomic E-state index is -5.08. The molecule has 12 heteroatoms. The maximum absolute atomic E-state index is 12.5. The summed E-state index contributed by atoms with van der Waals surface area (Å²) >= 11 is 1.51. The lowest BCUT2D eigenvalue weighted by Gasteiger charge is -2.13. The number of hydrogen-bond donors (Lipinski definition) is 4. The van der Waals surface area contributed by atoms with Gasteiger partial charge >= 0.3 is 12.1 Å². The van der Waals surface area contributed by atoms with E-state index < -0.39 is 12.1 Å². The lowest BCUT2D eigenvalue weighted by molar-refractivity contribution is -0.192. The summed E-state index contributed by atoms with van der Waals surface area (Å²) in [6.07, 6.45) is -0.877. The number of alkyl halides is 3. The number of carboxylic acids is 1. The summed E-state index contributed by atoms with van der Waals surface area (Å²) in [5.74, 6) is -1.61. The van der Waals surface area contributed by atoms with Crippen LogP contribution in [0.5, 0.6) is 11.5 Å². The van der Waals surface area contributed by atoms with E-state index in [4.69, 9.17) is 14.6 Å². The van der Waals surface area contributed by atoms with Crippen LogP contribution in [0.1, 0.15) is 42.5 Å². The lowest BCUT2D eigenvalue weighted by atomic mass is 10.1. The number of carboxylic acid groups (broad SMARTS) is 1. The Kier molecular flexibility index (Phi) is 9.79. The first kappa shape index (κ1) is 29.8. The monoisotopic (exact) mass is 565 g/mol. The molecule has 0 radical (unpaired) electrons. The molecule has 4 N–H and O–H groups in total. The molecular weight excluding hydrogens is 535 g/mol. The van der Waals surface area contributed by atoms with Gasteiger partial charge in [0, 0.05) is 23.7 Å². The van der Waals surface area contributed by atoms with Crippen LogP contribution in [0.15, 0.2) is 36.4 Å². The number of phenolic OH excluding ortho intramolecular Hbond substituents is 1. The van der Waals surface area contributed by atoms with Gasteiger partial charge < -0.3 is 25.6 Å². The highest BCUT2D eigenvalue weighted by molar-refractivity contribution is 7.19. The number of carbonyl (C=O) groups is 2. The number of aromatic hydroxyl groups is 1. The molecule has 2 aromatic carbocycles. The van der Waals surface area contributed by atoms with E-state index in [2.05, 4.69) is 33.8 Å². The number of methoxy groups -OCH3 is 1. The third-order valence-corrected chi connectivity index (χ3v) is 7.37. The van der Waals surface area contributed by atoms with Gasteiger partial charge in [-0.25, -0.2) is 9.78 Å². The molecule has 1 aliphatic rings. The minimum absolute atomic E-state index is 0.0900. The standard InChI is InChI=1S/C25H29N3O3S.C2HF3O2/c1-15-8-9-18(13-21(15)26-14-19-12-20(31-3)10-11-22(19)29)23-16(2)27-25(32-23)28-24(30)17-6-4-5-7-17;3-2(4,5)1(6)7/h8-13,17,26,29H,4-7,14H2,1-3H3,(H,27,28,30);(H,6,7). The Labute approximate surface area is 227 Å². The van der Waals surface area contributed by atoms with Gasteiger partial charge in [0.25, 0.3) is 0 Å². The average molecular weight is 566 g/mol. The van der Waals surface area contributed by atoms with Crippen LogP contribution in [0.2, 0.25) is 0 Å². The molecule has 8 nitrogen and oxygen atoms in total. The van der Waals surface area contributed by atoms with Gasteiger partial charge in [-0.15, -0.1) is 0 Å². The quantitative estimate of drug-likeness (QED) is 0.258. The Balaban J connectivity index is 0.000000532. The molecule has 1 heterocycles. The van der Waals surface area contributed by atoms with Gasteiger partial charge in [-0.3, -0.25) is 4.79 Å². The lowest BCUT2D eigenvalue weighted by Crippen LogP contribution is -2.21. The molecule has 0 bridgehead atoms. The van der Waals surface area contributed by atoms with Crippen molar-refractivity contribution in [3.05, 3.63) is 53.2 Å². The molecule has 0 saturated heterocycles. The van der Waals surface area contributed by atoms with E-state index in [9.17, 15) is 23.1 Å². The number of aromatic nitrogens is 1. The fourth-order valence-electron chi connectivity index (χ4n) is 4.09. The maximum Gasteiger partial charge on any atom is 0.490 e. The van der Waals surface area contributed by atoms with Crippen LogP contribution in [0, 0.1) is 19.8 Å². The van der Waals surface area contributed by atoms with Crippen LogP contribution < -0.4 is 15.4 Å². The number of anilines is 2. The Morgan fingerprint density at radius 3 is 2.41 bits per heavy atom. The van der Waals surface area contributed by atoms with Crippen molar-refractivity contribution in [1.82, 2.24) is 4.98 Å². The number of rotatable bonds is 7. The number of aliphatic carboxylic acids is 1. The van der Waals surface area contributed by atoms with E-state index in [1.807, 2.05) is 19.9 Å². The fraction of sp³-hybridized carbons (Fsp3) is 0.370. The van der Waals surface area contributed by atoms with Crippen LogP contribution in [0.3, 0.4) is 0 Å². The van der Waals surface area contributed by atoms with Gasteiger partial charge in [-0.2, -0.15) is 13.2 Å². The summed E-state index contributed by atoms with van der Waals surface area (Å²) in [5, 5.41) is 24.4. The zero-order valence-electron chi connectivity index (χ0n) is 21.7. The molecule has 1 aromatic heterocycles. The van der Waals surface area contributed by atoms with Crippen molar-refractivity contribution in [2.24, 2.45) is 5.92 Å². The zero-order chi connectivity index (χ0) is 28.7. The van der Waals surface area contributed by atoms with E-state index in [0.29, 0.717) is 17.4 Å². The van der Waals surface area contributed by atoms with Crippen LogP contribution in [0.25, 0.3) is 10.4 Å². The van der Waals surface area contributed by atoms with Gasteiger partial charge in [0.05, 0.1) is 17.7 Å².